The van der Waals surface area contributed by atoms with Gasteiger partial charge in [-0.25, -0.2) is 14.6 Å². The fraction of sp³-hybridized carbons (Fsp3) is 0.167. The molecule has 0 aliphatic carbocycles. The minimum Gasteiger partial charge on any atom is -0.479 e. The highest BCUT2D eigenvalue weighted by Gasteiger charge is 2.30. The third-order valence-electron chi connectivity index (χ3n) is 5.55. The molecule has 8 nitrogen and oxygen atoms in total. The lowest BCUT2D eigenvalue weighted by Gasteiger charge is -2.16. The number of rotatable bonds is 10. The molecule has 224 valence electrons. The van der Waals surface area contributed by atoms with Gasteiger partial charge >= 0.3 is 18.1 Å². The fourth-order valence-electron chi connectivity index (χ4n) is 3.36. The minimum atomic E-state index is -4.50. The van der Waals surface area contributed by atoms with E-state index in [0.717, 1.165) is 12.1 Å². The highest BCUT2D eigenvalue weighted by Crippen LogP contribution is 2.33. The quantitative estimate of drug-likeness (QED) is 0.127. The number of benzene rings is 3. The summed E-state index contributed by atoms with van der Waals surface area (Å²) in [5.41, 5.74) is -0.898. The van der Waals surface area contributed by atoms with E-state index < -0.39 is 35.9 Å². The van der Waals surface area contributed by atoms with Gasteiger partial charge in [-0.05, 0) is 86.6 Å². The first kappa shape index (κ1) is 31.5. The molecule has 4 rings (SSSR count). The molecular formula is C30H22Cl2F3NO7. The molecule has 0 N–H and O–H groups in total. The molecule has 0 amide bonds. The molecule has 0 saturated heterocycles. The number of hydrogen-bond donors (Lipinski definition) is 0. The second-order valence-corrected chi connectivity index (χ2v) is 9.71. The Morgan fingerprint density at radius 1 is 0.721 bits per heavy atom. The second-order valence-electron chi connectivity index (χ2n) is 8.86. The Labute approximate surface area is 253 Å². The van der Waals surface area contributed by atoms with Gasteiger partial charge < -0.3 is 23.7 Å². The number of carbonyl (C=O) groups excluding carboxylic acids is 2. The van der Waals surface area contributed by atoms with E-state index in [2.05, 4.69) is 4.98 Å². The Balaban J connectivity index is 1.24. The van der Waals surface area contributed by atoms with Crippen molar-refractivity contribution in [2.75, 3.05) is 0 Å². The number of pyridine rings is 1. The molecular weight excluding hydrogens is 614 g/mol. The van der Waals surface area contributed by atoms with E-state index in [1.165, 1.54) is 38.1 Å². The van der Waals surface area contributed by atoms with Gasteiger partial charge in [0.15, 0.2) is 12.2 Å². The number of carbonyl (C=O) groups is 2. The lowest BCUT2D eigenvalue weighted by molar-refractivity contribution is -0.168. The van der Waals surface area contributed by atoms with Crippen LogP contribution in [0.5, 0.6) is 34.6 Å². The lowest BCUT2D eigenvalue weighted by atomic mass is 10.3. The third-order valence-corrected chi connectivity index (χ3v) is 6.08. The maximum Gasteiger partial charge on any atom is 0.417 e. The van der Waals surface area contributed by atoms with Crippen LogP contribution in [-0.2, 0) is 20.5 Å². The molecule has 2 atom stereocenters. The number of aromatic nitrogens is 1. The van der Waals surface area contributed by atoms with Crippen LogP contribution in [0.15, 0.2) is 85.1 Å². The summed E-state index contributed by atoms with van der Waals surface area (Å²) in [6, 6.07) is 19.0. The van der Waals surface area contributed by atoms with Crippen molar-refractivity contribution in [1.82, 2.24) is 4.98 Å². The van der Waals surface area contributed by atoms with Crippen LogP contribution >= 0.6 is 23.2 Å². The summed E-state index contributed by atoms with van der Waals surface area (Å²) < 4.78 is 65.1. The molecule has 2 unspecified atom stereocenters. The standard InChI is InChI=1S/C30H22Cl2F3NO7/c1-17(39-21-5-9-23(10-6-21)41-26-13-4-20(31)15-25(26)32)28(37)43-29(38)18(2)40-22-7-11-24(12-8-22)42-27-14-3-19(16-36-27)30(33,34)35/h3-18H,1-2H3. The molecule has 3 aromatic carbocycles. The highest BCUT2D eigenvalue weighted by atomic mass is 35.5. The maximum atomic E-state index is 12.7. The lowest BCUT2D eigenvalue weighted by Crippen LogP contribution is -2.34. The Hall–Kier alpha value is -4.48. The Bertz CT molecular complexity index is 1570. The Morgan fingerprint density at radius 3 is 1.70 bits per heavy atom. The van der Waals surface area contributed by atoms with Crippen LogP contribution < -0.4 is 18.9 Å². The predicted molar refractivity (Wildman–Crippen MR) is 150 cm³/mol. The van der Waals surface area contributed by atoms with E-state index >= 15 is 0 Å². The average Bonchev–Trinajstić information content (AvgIpc) is 2.96. The van der Waals surface area contributed by atoms with Crippen molar-refractivity contribution in [3.8, 4) is 34.6 Å². The van der Waals surface area contributed by atoms with Crippen LogP contribution in [0, 0.1) is 0 Å². The van der Waals surface area contributed by atoms with Gasteiger partial charge in [0.1, 0.15) is 28.7 Å². The third kappa shape index (κ3) is 9.00. The Morgan fingerprint density at radius 2 is 1.23 bits per heavy atom. The summed E-state index contributed by atoms with van der Waals surface area (Å²) in [7, 11) is 0. The molecule has 13 heteroatoms. The monoisotopic (exact) mass is 635 g/mol. The molecule has 4 aromatic rings. The van der Waals surface area contributed by atoms with Crippen molar-refractivity contribution in [3.05, 3.63) is 101 Å². The summed E-state index contributed by atoms with van der Waals surface area (Å²) in [6.45, 7) is 2.81. The number of ether oxygens (including phenoxy) is 5. The second kappa shape index (κ2) is 13.7. The van der Waals surface area contributed by atoms with Crippen LogP contribution in [0.2, 0.25) is 10.0 Å². The van der Waals surface area contributed by atoms with Gasteiger partial charge in [-0.15, -0.1) is 0 Å². The molecule has 0 bridgehead atoms. The van der Waals surface area contributed by atoms with E-state index in [4.69, 9.17) is 46.9 Å². The summed E-state index contributed by atoms with van der Waals surface area (Å²) >= 11 is 12.0. The maximum absolute atomic E-state index is 12.7. The van der Waals surface area contributed by atoms with Crippen LogP contribution in [-0.4, -0.2) is 29.1 Å². The molecule has 0 spiro atoms. The Kier molecular flexibility index (Phi) is 9.99. The van der Waals surface area contributed by atoms with Crippen molar-refractivity contribution in [3.63, 3.8) is 0 Å². The van der Waals surface area contributed by atoms with Crippen molar-refractivity contribution < 1.29 is 46.4 Å². The smallest absolute Gasteiger partial charge is 0.417 e. The number of hydrogen-bond acceptors (Lipinski definition) is 8. The SMILES string of the molecule is CC(Oc1ccc(Oc2ccc(C(F)(F)F)cn2)cc1)C(=O)OC(=O)C(C)Oc1ccc(Oc2ccc(Cl)cc2Cl)cc1. The first-order chi connectivity index (χ1) is 20.4. The van der Waals surface area contributed by atoms with Crippen LogP contribution in [0.1, 0.15) is 19.4 Å². The molecule has 1 heterocycles. The van der Waals surface area contributed by atoms with Gasteiger partial charge in [-0.3, -0.25) is 0 Å². The molecule has 0 radical (unpaired) electrons. The highest BCUT2D eigenvalue weighted by molar-refractivity contribution is 6.35. The van der Waals surface area contributed by atoms with Gasteiger partial charge in [0.2, 0.25) is 5.88 Å². The molecule has 0 aliphatic rings. The van der Waals surface area contributed by atoms with Crippen molar-refractivity contribution >= 4 is 35.1 Å². The minimum absolute atomic E-state index is 0.0411. The summed E-state index contributed by atoms with van der Waals surface area (Å²) in [6.07, 6.45) is -6.12. The van der Waals surface area contributed by atoms with Gasteiger partial charge in [-0.2, -0.15) is 13.2 Å². The van der Waals surface area contributed by atoms with Gasteiger partial charge in [0.25, 0.3) is 0 Å². The van der Waals surface area contributed by atoms with E-state index in [1.807, 2.05) is 0 Å². The number of alkyl halides is 3. The van der Waals surface area contributed by atoms with E-state index in [9.17, 15) is 22.8 Å². The molecule has 0 fully saturated rings. The molecule has 43 heavy (non-hydrogen) atoms. The van der Waals surface area contributed by atoms with Crippen LogP contribution in [0.25, 0.3) is 0 Å². The first-order valence-electron chi connectivity index (χ1n) is 12.5. The molecule has 0 saturated carbocycles. The zero-order chi connectivity index (χ0) is 31.1. The number of nitrogens with zero attached hydrogens (tertiary/aromatic N) is 1. The molecule has 1 aromatic heterocycles. The fourth-order valence-corrected chi connectivity index (χ4v) is 3.80. The van der Waals surface area contributed by atoms with E-state index in [-0.39, 0.29) is 17.4 Å². The van der Waals surface area contributed by atoms with Crippen LogP contribution in [0.4, 0.5) is 13.2 Å². The van der Waals surface area contributed by atoms with Crippen LogP contribution in [0.3, 0.4) is 0 Å². The van der Waals surface area contributed by atoms with Gasteiger partial charge in [-0.1, -0.05) is 23.2 Å². The average molecular weight is 636 g/mol. The van der Waals surface area contributed by atoms with Crippen molar-refractivity contribution in [2.24, 2.45) is 0 Å². The van der Waals surface area contributed by atoms with Crippen molar-refractivity contribution in [2.45, 2.75) is 32.2 Å². The first-order valence-corrected chi connectivity index (χ1v) is 13.3. The summed E-state index contributed by atoms with van der Waals surface area (Å²) in [5, 5.41) is 0.813. The van der Waals surface area contributed by atoms with Gasteiger partial charge in [0.05, 0.1) is 10.6 Å². The normalized spacial score (nSPS) is 12.5. The largest absolute Gasteiger partial charge is 0.479 e. The number of halogens is 5. The number of esters is 2. The predicted octanol–water partition coefficient (Wildman–Crippen LogP) is 8.30. The topological polar surface area (TPSA) is 93.2 Å². The van der Waals surface area contributed by atoms with Gasteiger partial charge in [0, 0.05) is 17.3 Å². The zero-order valence-electron chi connectivity index (χ0n) is 22.4. The van der Waals surface area contributed by atoms with E-state index in [1.54, 1.807) is 42.5 Å². The van der Waals surface area contributed by atoms with Crippen molar-refractivity contribution in [1.29, 1.82) is 0 Å². The molecule has 0 aliphatic heterocycles. The van der Waals surface area contributed by atoms with E-state index in [0.29, 0.717) is 33.5 Å². The summed E-state index contributed by atoms with van der Waals surface area (Å²) in [5.74, 6) is -0.208. The zero-order valence-corrected chi connectivity index (χ0v) is 23.9. The summed E-state index contributed by atoms with van der Waals surface area (Å²) in [4.78, 5) is 28.5.